The fourth-order valence-corrected chi connectivity index (χ4v) is 2.43. The van der Waals surface area contributed by atoms with Crippen molar-refractivity contribution in [3.63, 3.8) is 0 Å². The molecule has 3 rings (SSSR count). The zero-order valence-electron chi connectivity index (χ0n) is 8.73. The molecule has 3 atom stereocenters. The smallest absolute Gasteiger partial charge is 0.0975 e. The molecule has 0 amide bonds. The van der Waals surface area contributed by atoms with Crippen molar-refractivity contribution >= 4 is 5.69 Å². The van der Waals surface area contributed by atoms with Crippen molar-refractivity contribution in [1.29, 1.82) is 0 Å². The van der Waals surface area contributed by atoms with Gasteiger partial charge in [0.25, 0.3) is 0 Å². The van der Waals surface area contributed by atoms with Gasteiger partial charge in [-0.1, -0.05) is 12.1 Å². The molecule has 3 nitrogen and oxygen atoms in total. The number of aryl methyl sites for hydroxylation is 1. The Hall–Kier alpha value is -1.06. The van der Waals surface area contributed by atoms with Crippen LogP contribution in [0.5, 0.6) is 0 Å². The molecule has 0 unspecified atom stereocenters. The first-order valence-corrected chi connectivity index (χ1v) is 5.41. The number of anilines is 1. The van der Waals surface area contributed by atoms with E-state index < -0.39 is 0 Å². The lowest BCUT2D eigenvalue weighted by molar-refractivity contribution is -0.0672. The number of hydrogen-bond acceptors (Lipinski definition) is 3. The summed E-state index contributed by atoms with van der Waals surface area (Å²) in [6.07, 6.45) is 0.655. The highest BCUT2D eigenvalue weighted by Gasteiger charge is 2.35. The molecular formula is C12H15NO2. The third-order valence-electron chi connectivity index (χ3n) is 3.30. The first kappa shape index (κ1) is 9.19. The summed E-state index contributed by atoms with van der Waals surface area (Å²) in [6, 6.07) is 6.50. The zero-order valence-corrected chi connectivity index (χ0v) is 8.73. The first-order valence-electron chi connectivity index (χ1n) is 5.41. The van der Waals surface area contributed by atoms with E-state index in [0.29, 0.717) is 6.61 Å². The lowest BCUT2D eigenvalue weighted by Crippen LogP contribution is -2.45. The highest BCUT2D eigenvalue weighted by atomic mass is 16.5. The van der Waals surface area contributed by atoms with Crippen LogP contribution in [0.4, 0.5) is 5.69 Å². The minimum Gasteiger partial charge on any atom is -0.389 e. The van der Waals surface area contributed by atoms with Crippen LogP contribution in [-0.2, 0) is 4.74 Å². The molecule has 2 aliphatic rings. The second-order valence-corrected chi connectivity index (χ2v) is 4.47. The van der Waals surface area contributed by atoms with Crippen LogP contribution in [-0.4, -0.2) is 23.9 Å². The molecule has 2 bridgehead atoms. The van der Waals surface area contributed by atoms with Crippen molar-refractivity contribution in [2.75, 3.05) is 11.9 Å². The van der Waals surface area contributed by atoms with E-state index in [9.17, 15) is 5.11 Å². The minimum atomic E-state index is -0.380. The summed E-state index contributed by atoms with van der Waals surface area (Å²) >= 11 is 0. The predicted octanol–water partition coefficient (Wildman–Crippen LogP) is 1.61. The van der Waals surface area contributed by atoms with E-state index in [2.05, 4.69) is 30.4 Å². The lowest BCUT2D eigenvalue weighted by atomic mass is 9.89. The van der Waals surface area contributed by atoms with Gasteiger partial charge in [-0.05, 0) is 18.6 Å². The van der Waals surface area contributed by atoms with Crippen LogP contribution in [0.15, 0.2) is 18.2 Å². The van der Waals surface area contributed by atoms with Crippen LogP contribution in [0.1, 0.15) is 23.7 Å². The largest absolute Gasteiger partial charge is 0.389 e. The molecule has 80 valence electrons. The summed E-state index contributed by atoms with van der Waals surface area (Å²) < 4.78 is 5.64. The van der Waals surface area contributed by atoms with Gasteiger partial charge in [0, 0.05) is 17.7 Å². The van der Waals surface area contributed by atoms with Gasteiger partial charge in [-0.2, -0.15) is 0 Å². The van der Waals surface area contributed by atoms with Gasteiger partial charge in [0.15, 0.2) is 0 Å². The number of hydrogen-bond donors (Lipinski definition) is 2. The average Bonchev–Trinajstić information content (AvgIpc) is 2.23. The van der Waals surface area contributed by atoms with E-state index in [1.165, 1.54) is 11.1 Å². The molecule has 2 aliphatic heterocycles. The summed E-state index contributed by atoms with van der Waals surface area (Å²) in [5.41, 5.74) is 3.58. The molecule has 0 saturated carbocycles. The van der Waals surface area contributed by atoms with Crippen molar-refractivity contribution in [1.82, 2.24) is 0 Å². The van der Waals surface area contributed by atoms with Crippen LogP contribution < -0.4 is 5.32 Å². The second-order valence-electron chi connectivity index (χ2n) is 4.47. The van der Waals surface area contributed by atoms with E-state index in [1.807, 2.05) is 0 Å². The molecule has 1 aromatic carbocycles. The Morgan fingerprint density at radius 2 is 2.33 bits per heavy atom. The number of aliphatic hydroxyl groups is 1. The number of benzene rings is 1. The Bertz CT molecular complexity index is 391. The number of fused-ring (bicyclic) bond motifs is 4. The van der Waals surface area contributed by atoms with Crippen molar-refractivity contribution in [2.45, 2.75) is 31.6 Å². The number of aliphatic hydroxyl groups excluding tert-OH is 1. The molecule has 0 aromatic heterocycles. The summed E-state index contributed by atoms with van der Waals surface area (Å²) in [5.74, 6) is 0. The molecule has 0 spiro atoms. The van der Waals surface area contributed by atoms with Crippen LogP contribution in [0.2, 0.25) is 0 Å². The standard InChI is InChI=1S/C12H15NO2/c1-7-2-3-8-9(4-7)13-10-5-12(8)15-6-11(10)14/h2-4,10-14H,5-6H2,1H3/t10-,11-,12-/m1/s1. The highest BCUT2D eigenvalue weighted by Crippen LogP contribution is 2.39. The molecule has 2 N–H and O–H groups in total. The van der Waals surface area contributed by atoms with Gasteiger partial charge in [-0.3, -0.25) is 0 Å². The summed E-state index contributed by atoms with van der Waals surface area (Å²) in [5, 5.41) is 13.1. The quantitative estimate of drug-likeness (QED) is 0.676. The van der Waals surface area contributed by atoms with Crippen molar-refractivity contribution in [3.8, 4) is 0 Å². The Morgan fingerprint density at radius 1 is 1.47 bits per heavy atom. The van der Waals surface area contributed by atoms with Crippen molar-refractivity contribution < 1.29 is 9.84 Å². The van der Waals surface area contributed by atoms with Gasteiger partial charge in [0.05, 0.1) is 24.9 Å². The fraction of sp³-hybridized carbons (Fsp3) is 0.500. The molecule has 0 aliphatic carbocycles. The molecule has 2 heterocycles. The highest BCUT2D eigenvalue weighted by molar-refractivity contribution is 5.57. The van der Waals surface area contributed by atoms with E-state index in [1.54, 1.807) is 0 Å². The monoisotopic (exact) mass is 205 g/mol. The molecule has 15 heavy (non-hydrogen) atoms. The minimum absolute atomic E-state index is 0.151. The SMILES string of the molecule is Cc1ccc2c(c1)N[C@@H]1C[C@H]2OC[C@H]1O. The lowest BCUT2D eigenvalue weighted by Gasteiger charge is -2.40. The summed E-state index contributed by atoms with van der Waals surface area (Å²) in [7, 11) is 0. The summed E-state index contributed by atoms with van der Waals surface area (Å²) in [6.45, 7) is 2.51. The van der Waals surface area contributed by atoms with E-state index in [0.717, 1.165) is 12.1 Å². The zero-order chi connectivity index (χ0) is 10.4. The Balaban J connectivity index is 2.03. The van der Waals surface area contributed by atoms with Gasteiger partial charge in [-0.25, -0.2) is 0 Å². The van der Waals surface area contributed by atoms with Gasteiger partial charge in [0.2, 0.25) is 0 Å². The van der Waals surface area contributed by atoms with Gasteiger partial charge in [0.1, 0.15) is 0 Å². The van der Waals surface area contributed by atoms with E-state index in [4.69, 9.17) is 4.74 Å². The van der Waals surface area contributed by atoms with Gasteiger partial charge >= 0.3 is 0 Å². The van der Waals surface area contributed by atoms with Crippen LogP contribution in [0.25, 0.3) is 0 Å². The van der Waals surface area contributed by atoms with E-state index >= 15 is 0 Å². The van der Waals surface area contributed by atoms with Crippen LogP contribution >= 0.6 is 0 Å². The second kappa shape index (κ2) is 3.22. The van der Waals surface area contributed by atoms with E-state index in [-0.39, 0.29) is 18.2 Å². The third-order valence-corrected chi connectivity index (χ3v) is 3.30. The predicted molar refractivity (Wildman–Crippen MR) is 57.9 cm³/mol. The number of ether oxygens (including phenoxy) is 1. The third kappa shape index (κ3) is 1.43. The van der Waals surface area contributed by atoms with Crippen molar-refractivity contribution in [3.05, 3.63) is 29.3 Å². The topological polar surface area (TPSA) is 41.5 Å². The number of nitrogens with one attached hydrogen (secondary N) is 1. The molecule has 0 radical (unpaired) electrons. The first-order chi connectivity index (χ1) is 7.24. The Kier molecular flexibility index (Phi) is 1.97. The number of rotatable bonds is 0. The molecule has 1 aromatic rings. The van der Waals surface area contributed by atoms with Gasteiger partial charge < -0.3 is 15.2 Å². The maximum absolute atomic E-state index is 9.73. The molecule has 1 saturated heterocycles. The summed E-state index contributed by atoms with van der Waals surface area (Å²) in [4.78, 5) is 0. The fourth-order valence-electron chi connectivity index (χ4n) is 2.43. The maximum Gasteiger partial charge on any atom is 0.0975 e. The van der Waals surface area contributed by atoms with Crippen LogP contribution in [0.3, 0.4) is 0 Å². The molecule has 1 fully saturated rings. The molecule has 3 heteroatoms. The maximum atomic E-state index is 9.73. The normalized spacial score (nSPS) is 33.1. The van der Waals surface area contributed by atoms with Crippen LogP contribution in [0, 0.1) is 6.92 Å². The van der Waals surface area contributed by atoms with Gasteiger partial charge in [-0.15, -0.1) is 0 Å². The molecular weight excluding hydrogens is 190 g/mol. The Labute approximate surface area is 89.1 Å². The Morgan fingerprint density at radius 3 is 3.20 bits per heavy atom. The van der Waals surface area contributed by atoms with Crippen molar-refractivity contribution in [2.24, 2.45) is 0 Å². The average molecular weight is 205 g/mol.